The molecule has 0 saturated heterocycles. The van der Waals surface area contributed by atoms with Gasteiger partial charge in [0.15, 0.2) is 0 Å². The number of hydrogen-bond donors (Lipinski definition) is 2. The van der Waals surface area contributed by atoms with Gasteiger partial charge in [0.25, 0.3) is 0 Å². The molecular formula is C22H23ClF3NO3. The molecule has 2 aromatic carbocycles. The first-order valence-electron chi connectivity index (χ1n) is 9.47. The summed E-state index contributed by atoms with van der Waals surface area (Å²) in [5, 5.41) is 11.6. The molecule has 2 atom stereocenters. The summed E-state index contributed by atoms with van der Waals surface area (Å²) in [5.74, 6) is -3.61. The summed E-state index contributed by atoms with van der Waals surface area (Å²) in [6, 6.07) is 11.1. The van der Waals surface area contributed by atoms with Crippen molar-refractivity contribution in [1.82, 2.24) is 0 Å². The van der Waals surface area contributed by atoms with Crippen LogP contribution in [0.1, 0.15) is 55.2 Å². The number of carboxylic acid groups (broad SMARTS) is 1. The highest BCUT2D eigenvalue weighted by Gasteiger charge is 2.36. The number of hydrogen-bond acceptors (Lipinski definition) is 2. The maximum absolute atomic E-state index is 13.1. The molecule has 0 bridgehead atoms. The van der Waals surface area contributed by atoms with Crippen LogP contribution in [0.4, 0.5) is 18.9 Å². The van der Waals surface area contributed by atoms with Gasteiger partial charge in [0.05, 0.1) is 29.5 Å². The number of anilines is 1. The van der Waals surface area contributed by atoms with Gasteiger partial charge < -0.3 is 10.4 Å². The lowest BCUT2D eigenvalue weighted by atomic mass is 9.93. The number of amides is 1. The molecule has 162 valence electrons. The molecule has 0 heterocycles. The van der Waals surface area contributed by atoms with E-state index in [1.807, 2.05) is 6.92 Å². The van der Waals surface area contributed by atoms with Crippen molar-refractivity contribution < 1.29 is 27.9 Å². The first-order valence-corrected chi connectivity index (χ1v) is 9.85. The van der Waals surface area contributed by atoms with E-state index in [-0.39, 0.29) is 28.6 Å². The average Bonchev–Trinajstić information content (AvgIpc) is 2.66. The fourth-order valence-corrected chi connectivity index (χ4v) is 3.29. The first kappa shape index (κ1) is 23.7. The van der Waals surface area contributed by atoms with Crippen LogP contribution in [0.5, 0.6) is 0 Å². The molecule has 4 nitrogen and oxygen atoms in total. The number of carboxylic acids is 1. The Kier molecular flexibility index (Phi) is 7.89. The summed E-state index contributed by atoms with van der Waals surface area (Å²) in [5.41, 5.74) is 1.96. The van der Waals surface area contributed by atoms with Crippen molar-refractivity contribution in [2.45, 2.75) is 51.1 Å². The fraction of sp³-hybridized carbons (Fsp3) is 0.364. The summed E-state index contributed by atoms with van der Waals surface area (Å²) in [4.78, 5) is 23.7. The largest absolute Gasteiger partial charge is 0.481 e. The van der Waals surface area contributed by atoms with Crippen molar-refractivity contribution in [2.24, 2.45) is 0 Å². The predicted molar refractivity (Wildman–Crippen MR) is 110 cm³/mol. The first-order chi connectivity index (χ1) is 14.0. The predicted octanol–water partition coefficient (Wildman–Crippen LogP) is 6.16. The molecule has 2 aromatic rings. The quantitative estimate of drug-likeness (QED) is 0.516. The maximum atomic E-state index is 13.1. The van der Waals surface area contributed by atoms with E-state index < -0.39 is 30.4 Å². The van der Waals surface area contributed by atoms with Gasteiger partial charge in [0, 0.05) is 0 Å². The highest BCUT2D eigenvalue weighted by atomic mass is 35.5. The summed E-state index contributed by atoms with van der Waals surface area (Å²) < 4.78 is 39.4. The van der Waals surface area contributed by atoms with Gasteiger partial charge in [0.2, 0.25) is 5.91 Å². The molecule has 2 rings (SSSR count). The van der Waals surface area contributed by atoms with Crippen LogP contribution in [0, 0.1) is 0 Å². The van der Waals surface area contributed by atoms with E-state index in [1.54, 1.807) is 25.1 Å². The molecule has 0 fully saturated rings. The topological polar surface area (TPSA) is 66.4 Å². The number of aryl methyl sites for hydroxylation is 1. The second-order valence-electron chi connectivity index (χ2n) is 7.19. The number of alkyl halides is 3. The van der Waals surface area contributed by atoms with Crippen molar-refractivity contribution in [2.75, 3.05) is 5.32 Å². The van der Waals surface area contributed by atoms with Gasteiger partial charge in [-0.15, -0.1) is 0 Å². The Morgan fingerprint density at radius 2 is 1.70 bits per heavy atom. The molecule has 2 N–H and O–H groups in total. The lowest BCUT2D eigenvalue weighted by Crippen LogP contribution is -2.26. The summed E-state index contributed by atoms with van der Waals surface area (Å²) in [6.45, 7) is 3.62. The number of halogens is 4. The Morgan fingerprint density at radius 3 is 2.23 bits per heavy atom. The summed E-state index contributed by atoms with van der Waals surface area (Å²) in [7, 11) is 0. The lowest BCUT2D eigenvalue weighted by Gasteiger charge is -2.20. The molecular weight excluding hydrogens is 419 g/mol. The SMILES string of the molecule is CCc1ccc(C(CC(F)(F)F)C(=O)Nc2cc(C(C)CC(=O)O)ccc2Cl)cc1. The van der Waals surface area contributed by atoms with Gasteiger partial charge in [0.1, 0.15) is 0 Å². The minimum Gasteiger partial charge on any atom is -0.481 e. The van der Waals surface area contributed by atoms with Crippen molar-refractivity contribution in [1.29, 1.82) is 0 Å². The van der Waals surface area contributed by atoms with Crippen LogP contribution in [0.15, 0.2) is 42.5 Å². The van der Waals surface area contributed by atoms with Crippen molar-refractivity contribution in [3.05, 3.63) is 64.2 Å². The minimum absolute atomic E-state index is 0.129. The van der Waals surface area contributed by atoms with Crippen LogP contribution in [0.2, 0.25) is 5.02 Å². The van der Waals surface area contributed by atoms with Crippen molar-refractivity contribution in [3.63, 3.8) is 0 Å². The zero-order valence-electron chi connectivity index (χ0n) is 16.6. The Labute approximate surface area is 178 Å². The van der Waals surface area contributed by atoms with Crippen LogP contribution in [0.25, 0.3) is 0 Å². The molecule has 0 saturated carbocycles. The Bertz CT molecular complexity index is 897. The van der Waals surface area contributed by atoms with Crippen LogP contribution >= 0.6 is 11.6 Å². The van der Waals surface area contributed by atoms with Gasteiger partial charge >= 0.3 is 12.1 Å². The van der Waals surface area contributed by atoms with E-state index in [0.29, 0.717) is 5.56 Å². The molecule has 0 aromatic heterocycles. The van der Waals surface area contributed by atoms with E-state index in [9.17, 15) is 22.8 Å². The zero-order chi connectivity index (χ0) is 22.5. The van der Waals surface area contributed by atoms with Gasteiger partial charge in [-0.05, 0) is 41.2 Å². The van der Waals surface area contributed by atoms with Gasteiger partial charge in [-0.1, -0.05) is 55.8 Å². The Hall–Kier alpha value is -2.54. The second-order valence-corrected chi connectivity index (χ2v) is 7.60. The van der Waals surface area contributed by atoms with Crippen LogP contribution in [-0.4, -0.2) is 23.2 Å². The number of benzene rings is 2. The normalized spacial score (nSPS) is 13.5. The van der Waals surface area contributed by atoms with E-state index in [1.165, 1.54) is 24.3 Å². The minimum atomic E-state index is -4.53. The third-order valence-electron chi connectivity index (χ3n) is 4.84. The summed E-state index contributed by atoms with van der Waals surface area (Å²) in [6.07, 6.45) is -5.24. The lowest BCUT2D eigenvalue weighted by molar-refractivity contribution is -0.146. The third kappa shape index (κ3) is 6.76. The van der Waals surface area contributed by atoms with E-state index in [2.05, 4.69) is 5.32 Å². The fourth-order valence-electron chi connectivity index (χ4n) is 3.12. The number of carbonyl (C=O) groups is 2. The third-order valence-corrected chi connectivity index (χ3v) is 5.17. The highest BCUT2D eigenvalue weighted by Crippen LogP contribution is 2.34. The summed E-state index contributed by atoms with van der Waals surface area (Å²) >= 11 is 6.12. The van der Waals surface area contributed by atoms with Gasteiger partial charge in [-0.2, -0.15) is 13.2 Å². The molecule has 0 aliphatic rings. The van der Waals surface area contributed by atoms with Crippen molar-refractivity contribution in [3.8, 4) is 0 Å². The van der Waals surface area contributed by atoms with E-state index in [4.69, 9.17) is 16.7 Å². The molecule has 0 aliphatic heterocycles. The molecule has 0 spiro atoms. The van der Waals surface area contributed by atoms with E-state index in [0.717, 1.165) is 12.0 Å². The molecule has 2 unspecified atom stereocenters. The van der Waals surface area contributed by atoms with Crippen LogP contribution in [-0.2, 0) is 16.0 Å². The molecule has 8 heteroatoms. The maximum Gasteiger partial charge on any atom is 0.390 e. The number of nitrogens with one attached hydrogen (secondary N) is 1. The smallest absolute Gasteiger partial charge is 0.390 e. The Morgan fingerprint density at radius 1 is 1.10 bits per heavy atom. The molecule has 1 amide bonds. The molecule has 0 radical (unpaired) electrons. The van der Waals surface area contributed by atoms with E-state index >= 15 is 0 Å². The standard InChI is InChI=1S/C22H23ClF3NO3/c1-3-14-4-6-15(7-5-14)17(12-22(24,25)26)21(30)27-19-11-16(8-9-18(19)23)13(2)10-20(28)29/h4-9,11,13,17H,3,10,12H2,1-2H3,(H,27,30)(H,28,29). The molecule has 30 heavy (non-hydrogen) atoms. The second kappa shape index (κ2) is 9.98. The van der Waals surface area contributed by atoms with Crippen molar-refractivity contribution >= 4 is 29.2 Å². The average molecular weight is 442 g/mol. The van der Waals surface area contributed by atoms with Gasteiger partial charge in [-0.3, -0.25) is 9.59 Å². The van der Waals surface area contributed by atoms with Crippen LogP contribution in [0.3, 0.4) is 0 Å². The Balaban J connectivity index is 2.31. The number of carbonyl (C=O) groups excluding carboxylic acids is 1. The number of rotatable bonds is 8. The zero-order valence-corrected chi connectivity index (χ0v) is 17.3. The highest BCUT2D eigenvalue weighted by molar-refractivity contribution is 6.33. The molecule has 0 aliphatic carbocycles. The van der Waals surface area contributed by atoms with Crippen LogP contribution < -0.4 is 5.32 Å². The monoisotopic (exact) mass is 441 g/mol. The number of aliphatic carboxylic acids is 1. The van der Waals surface area contributed by atoms with Gasteiger partial charge in [-0.25, -0.2) is 0 Å².